The highest BCUT2D eigenvalue weighted by Gasteiger charge is 2.23. The number of piperidine rings is 1. The average Bonchev–Trinajstić information content (AvgIpc) is 2.92. The van der Waals surface area contributed by atoms with E-state index in [9.17, 15) is 9.59 Å². The van der Waals surface area contributed by atoms with Crippen molar-refractivity contribution in [2.45, 2.75) is 39.2 Å². The molecule has 20 heavy (non-hydrogen) atoms. The summed E-state index contributed by atoms with van der Waals surface area (Å²) in [5.74, 6) is 0.363. The molecule has 112 valence electrons. The van der Waals surface area contributed by atoms with Gasteiger partial charge in [0, 0.05) is 24.0 Å². The summed E-state index contributed by atoms with van der Waals surface area (Å²) in [6.07, 6.45) is 3.79. The van der Waals surface area contributed by atoms with Crippen molar-refractivity contribution in [3.05, 3.63) is 16.6 Å². The fourth-order valence-corrected chi connectivity index (χ4v) is 2.39. The van der Waals surface area contributed by atoms with Gasteiger partial charge in [-0.05, 0) is 40.2 Å². The highest BCUT2D eigenvalue weighted by atomic mass is 32.1. The highest BCUT2D eigenvalue weighted by Crippen LogP contribution is 2.17. The Hall–Kier alpha value is -1.27. The van der Waals surface area contributed by atoms with Gasteiger partial charge in [-0.2, -0.15) is 0 Å². The molecule has 0 saturated carbocycles. The zero-order chi connectivity index (χ0) is 15.0. The molecule has 1 saturated heterocycles. The topological polar surface area (TPSA) is 68.3 Å². The fraction of sp³-hybridized carbons (Fsp3) is 0.643. The maximum Gasteiger partial charge on any atom is 0.293 e. The molecule has 0 amide bonds. The van der Waals surface area contributed by atoms with Gasteiger partial charge in [-0.3, -0.25) is 9.59 Å². The van der Waals surface area contributed by atoms with Crippen molar-refractivity contribution >= 4 is 23.6 Å². The summed E-state index contributed by atoms with van der Waals surface area (Å²) in [4.78, 5) is 25.4. The van der Waals surface area contributed by atoms with Gasteiger partial charge in [-0.15, -0.1) is 11.3 Å². The molecule has 5 nitrogen and oxygen atoms in total. The van der Waals surface area contributed by atoms with Crippen LogP contribution in [0.5, 0.6) is 0 Å². The second-order valence-corrected chi connectivity index (χ2v) is 6.47. The van der Waals surface area contributed by atoms with Gasteiger partial charge in [-0.25, -0.2) is 4.98 Å². The zero-order valence-electron chi connectivity index (χ0n) is 12.2. The summed E-state index contributed by atoms with van der Waals surface area (Å²) in [6.45, 7) is 7.78. The maximum absolute atomic E-state index is 11.8. The van der Waals surface area contributed by atoms with Crippen molar-refractivity contribution in [3.8, 4) is 0 Å². The van der Waals surface area contributed by atoms with Gasteiger partial charge < -0.3 is 10.1 Å². The second kappa shape index (κ2) is 8.11. The van der Waals surface area contributed by atoms with Crippen LogP contribution >= 0.6 is 11.3 Å². The number of nitrogens with zero attached hydrogens (tertiary/aromatic N) is 1. The number of carbonyl (C=O) groups is 2. The van der Waals surface area contributed by atoms with Crippen LogP contribution in [0, 0.1) is 5.92 Å². The van der Waals surface area contributed by atoms with E-state index in [1.54, 1.807) is 6.20 Å². The van der Waals surface area contributed by atoms with Crippen LogP contribution in [-0.2, 0) is 9.53 Å². The van der Waals surface area contributed by atoms with Crippen molar-refractivity contribution in [1.29, 1.82) is 0 Å². The largest absolute Gasteiger partial charge is 0.462 e. The molecular weight excluding hydrogens is 276 g/mol. The van der Waals surface area contributed by atoms with Crippen LogP contribution in [0.2, 0.25) is 0 Å². The summed E-state index contributed by atoms with van der Waals surface area (Å²) in [5, 5.41) is 5.75. The van der Waals surface area contributed by atoms with Crippen LogP contribution in [0.1, 0.15) is 43.4 Å². The Balaban J connectivity index is 0.000000246. The summed E-state index contributed by atoms with van der Waals surface area (Å²) in [6, 6.07) is 0. The number of rotatable bonds is 3. The van der Waals surface area contributed by atoms with Gasteiger partial charge >= 0.3 is 0 Å². The quantitative estimate of drug-likeness (QED) is 0.685. The summed E-state index contributed by atoms with van der Waals surface area (Å²) < 4.78 is 4.55. The van der Waals surface area contributed by atoms with E-state index in [2.05, 4.69) is 15.0 Å². The monoisotopic (exact) mass is 298 g/mol. The Morgan fingerprint density at radius 3 is 2.70 bits per heavy atom. The molecule has 0 bridgehead atoms. The molecule has 1 aliphatic rings. The molecule has 0 spiro atoms. The number of hydrogen-bond acceptors (Lipinski definition) is 6. The number of hydrogen-bond donors (Lipinski definition) is 1. The number of Topliss-reactive ketones (excluding diaryl/α,β-unsaturated/α-hetero) is 1. The Morgan fingerprint density at radius 2 is 2.30 bits per heavy atom. The summed E-state index contributed by atoms with van der Waals surface area (Å²) in [7, 11) is 0. The summed E-state index contributed by atoms with van der Waals surface area (Å²) >= 11 is 1.44. The van der Waals surface area contributed by atoms with E-state index in [0.717, 1.165) is 25.9 Å². The smallest absolute Gasteiger partial charge is 0.293 e. The van der Waals surface area contributed by atoms with E-state index < -0.39 is 0 Å². The normalized spacial score (nSPS) is 18.6. The molecule has 2 heterocycles. The van der Waals surface area contributed by atoms with Gasteiger partial charge in [0.25, 0.3) is 6.47 Å². The lowest BCUT2D eigenvalue weighted by Crippen LogP contribution is -2.34. The third kappa shape index (κ3) is 6.25. The van der Waals surface area contributed by atoms with Crippen LogP contribution in [0.15, 0.2) is 11.6 Å². The van der Waals surface area contributed by atoms with Crippen LogP contribution in [0.4, 0.5) is 0 Å². The SMILES string of the molecule is CC(C)(C)OC=O.O=C(c1nccs1)[C@H]1CCCNC1. The minimum Gasteiger partial charge on any atom is -0.462 e. The van der Waals surface area contributed by atoms with Crippen molar-refractivity contribution in [1.82, 2.24) is 10.3 Å². The van der Waals surface area contributed by atoms with Gasteiger partial charge in [-0.1, -0.05) is 0 Å². The number of ketones is 1. The van der Waals surface area contributed by atoms with E-state index in [1.807, 2.05) is 26.2 Å². The standard InChI is InChI=1S/C9H12N2OS.C5H10O2/c12-8(9-11-4-5-13-9)7-2-1-3-10-6-7;1-5(2,3)7-4-6/h4-5,7,10H,1-3,6H2;4H,1-3H3/t7-;/m0./s1. The van der Waals surface area contributed by atoms with Gasteiger partial charge in [0.15, 0.2) is 10.8 Å². The van der Waals surface area contributed by atoms with Crippen molar-refractivity contribution in [3.63, 3.8) is 0 Å². The molecule has 1 aromatic rings. The minimum absolute atomic E-state index is 0.153. The molecule has 6 heteroatoms. The van der Waals surface area contributed by atoms with Crippen LogP contribution < -0.4 is 5.32 Å². The number of nitrogens with one attached hydrogen (secondary N) is 1. The highest BCUT2D eigenvalue weighted by molar-refractivity contribution is 7.11. The summed E-state index contributed by atoms with van der Waals surface area (Å²) in [5.41, 5.74) is -0.318. The molecule has 0 aromatic carbocycles. The molecule has 0 unspecified atom stereocenters. The Bertz CT molecular complexity index is 407. The first-order valence-corrected chi connectivity index (χ1v) is 7.58. The Morgan fingerprint density at radius 1 is 1.55 bits per heavy atom. The zero-order valence-corrected chi connectivity index (χ0v) is 13.0. The first-order valence-electron chi connectivity index (χ1n) is 6.70. The van der Waals surface area contributed by atoms with Crippen LogP contribution in [0.25, 0.3) is 0 Å². The number of carbonyl (C=O) groups excluding carboxylic acids is 2. The van der Waals surface area contributed by atoms with E-state index in [4.69, 9.17) is 0 Å². The number of thiazole rings is 1. The van der Waals surface area contributed by atoms with E-state index >= 15 is 0 Å². The van der Waals surface area contributed by atoms with Crippen LogP contribution in [0.3, 0.4) is 0 Å². The molecule has 0 aliphatic carbocycles. The van der Waals surface area contributed by atoms with E-state index in [0.29, 0.717) is 11.5 Å². The third-order valence-corrected chi connectivity index (χ3v) is 3.50. The average molecular weight is 298 g/mol. The molecule has 1 atom stereocenters. The Kier molecular flexibility index (Phi) is 6.81. The van der Waals surface area contributed by atoms with Crippen molar-refractivity contribution in [2.75, 3.05) is 13.1 Å². The van der Waals surface area contributed by atoms with E-state index in [-0.39, 0.29) is 17.3 Å². The van der Waals surface area contributed by atoms with Crippen LogP contribution in [-0.4, -0.2) is 35.9 Å². The van der Waals surface area contributed by atoms with Gasteiger partial charge in [0.05, 0.1) is 0 Å². The molecule has 0 radical (unpaired) electrons. The first-order chi connectivity index (χ1) is 9.44. The third-order valence-electron chi connectivity index (χ3n) is 2.71. The van der Waals surface area contributed by atoms with E-state index in [1.165, 1.54) is 11.3 Å². The lowest BCUT2D eigenvalue weighted by atomic mass is 9.95. The van der Waals surface area contributed by atoms with Crippen molar-refractivity contribution < 1.29 is 14.3 Å². The maximum atomic E-state index is 11.8. The lowest BCUT2D eigenvalue weighted by Gasteiger charge is -2.20. The van der Waals surface area contributed by atoms with Gasteiger partial charge in [0.1, 0.15) is 5.60 Å². The minimum atomic E-state index is -0.318. The molecular formula is C14H22N2O3S. The Labute approximate surface area is 123 Å². The van der Waals surface area contributed by atoms with Crippen molar-refractivity contribution in [2.24, 2.45) is 5.92 Å². The lowest BCUT2D eigenvalue weighted by molar-refractivity contribution is -0.138. The molecule has 1 aliphatic heterocycles. The molecule has 1 aromatic heterocycles. The fourth-order valence-electron chi connectivity index (χ4n) is 1.74. The molecule has 1 fully saturated rings. The predicted octanol–water partition coefficient (Wildman–Crippen LogP) is 2.28. The number of aromatic nitrogens is 1. The first kappa shape index (κ1) is 16.8. The number of ether oxygens (including phenoxy) is 1. The molecule has 2 rings (SSSR count). The second-order valence-electron chi connectivity index (χ2n) is 5.57. The van der Waals surface area contributed by atoms with Gasteiger partial charge in [0.2, 0.25) is 0 Å². The predicted molar refractivity (Wildman–Crippen MR) is 78.9 cm³/mol. The molecule has 1 N–H and O–H groups in total.